The molecule has 0 aromatic carbocycles. The van der Waals surface area contributed by atoms with E-state index in [1.165, 1.54) is 0 Å². The first-order valence-corrected chi connectivity index (χ1v) is 6.84. The molecule has 0 aliphatic carbocycles. The summed E-state index contributed by atoms with van der Waals surface area (Å²) in [6.07, 6.45) is 4.00. The highest BCUT2D eigenvalue weighted by Gasteiger charge is 2.17. The Labute approximate surface area is 99.7 Å². The van der Waals surface area contributed by atoms with Crippen LogP contribution in [0.5, 0.6) is 0 Å². The number of pyridine rings is 1. The molecule has 1 unspecified atom stereocenters. The van der Waals surface area contributed by atoms with Crippen molar-refractivity contribution in [1.29, 1.82) is 0 Å². The van der Waals surface area contributed by atoms with Gasteiger partial charge in [0, 0.05) is 24.9 Å². The van der Waals surface area contributed by atoms with E-state index in [1.807, 2.05) is 0 Å². The molecule has 0 saturated heterocycles. The molecule has 0 fully saturated rings. The van der Waals surface area contributed by atoms with Gasteiger partial charge in [-0.25, -0.2) is 13.1 Å². The smallest absolute Gasteiger partial charge is 0.304 e. The molecule has 0 aliphatic heterocycles. The minimum absolute atomic E-state index is 0.0646. The van der Waals surface area contributed by atoms with E-state index in [0.717, 1.165) is 11.8 Å². The summed E-state index contributed by atoms with van der Waals surface area (Å²) in [5, 5.41) is 8.78. The van der Waals surface area contributed by atoms with Crippen molar-refractivity contribution in [2.75, 3.05) is 12.8 Å². The second-order valence-corrected chi connectivity index (χ2v) is 5.53. The molecule has 17 heavy (non-hydrogen) atoms. The van der Waals surface area contributed by atoms with Crippen LogP contribution in [0.1, 0.15) is 17.9 Å². The number of aromatic nitrogens is 1. The fourth-order valence-electron chi connectivity index (χ4n) is 1.41. The highest BCUT2D eigenvalue weighted by Crippen LogP contribution is 2.18. The van der Waals surface area contributed by atoms with Crippen LogP contribution >= 0.6 is 0 Å². The number of carboxylic acid groups (broad SMARTS) is 1. The van der Waals surface area contributed by atoms with Crippen LogP contribution in [0.25, 0.3) is 0 Å². The van der Waals surface area contributed by atoms with Crippen molar-refractivity contribution in [2.45, 2.75) is 12.3 Å². The summed E-state index contributed by atoms with van der Waals surface area (Å²) in [4.78, 5) is 14.5. The summed E-state index contributed by atoms with van der Waals surface area (Å²) in [6, 6.07) is 3.36. The lowest BCUT2D eigenvalue weighted by atomic mass is 9.97. The van der Waals surface area contributed by atoms with Gasteiger partial charge >= 0.3 is 5.97 Å². The molecule has 0 bridgehead atoms. The van der Waals surface area contributed by atoms with E-state index in [0.29, 0.717) is 0 Å². The van der Waals surface area contributed by atoms with Gasteiger partial charge in [-0.3, -0.25) is 9.78 Å². The Hall–Kier alpha value is -1.47. The third-order valence-corrected chi connectivity index (χ3v) is 2.88. The molecule has 0 saturated carbocycles. The van der Waals surface area contributed by atoms with Gasteiger partial charge in [-0.15, -0.1) is 0 Å². The Morgan fingerprint density at radius 1 is 1.47 bits per heavy atom. The van der Waals surface area contributed by atoms with E-state index in [1.54, 1.807) is 24.5 Å². The number of hydrogen-bond donors (Lipinski definition) is 2. The molecule has 7 heteroatoms. The van der Waals surface area contributed by atoms with Gasteiger partial charge in [-0.2, -0.15) is 0 Å². The lowest BCUT2D eigenvalue weighted by molar-refractivity contribution is -0.137. The summed E-state index contributed by atoms with van der Waals surface area (Å²) >= 11 is 0. The second-order valence-electron chi connectivity index (χ2n) is 3.70. The van der Waals surface area contributed by atoms with Crippen molar-refractivity contribution in [3.63, 3.8) is 0 Å². The summed E-state index contributed by atoms with van der Waals surface area (Å²) in [7, 11) is -3.32. The van der Waals surface area contributed by atoms with Crippen LogP contribution in [-0.4, -0.2) is 37.3 Å². The molecule has 2 N–H and O–H groups in total. The van der Waals surface area contributed by atoms with Crippen LogP contribution in [0.2, 0.25) is 0 Å². The molecule has 0 aliphatic rings. The SMILES string of the molecule is CS(=O)(=O)NCC(CC(=O)O)c1ccncc1. The van der Waals surface area contributed by atoms with Crippen molar-refractivity contribution < 1.29 is 18.3 Å². The van der Waals surface area contributed by atoms with Gasteiger partial charge in [-0.05, 0) is 17.7 Å². The predicted octanol–water partition coefficient (Wildman–Crippen LogP) is 0.189. The number of aliphatic carboxylic acids is 1. The molecular formula is C10H14N2O4S. The van der Waals surface area contributed by atoms with Gasteiger partial charge in [0.25, 0.3) is 0 Å². The van der Waals surface area contributed by atoms with Crippen LogP contribution in [0.4, 0.5) is 0 Å². The van der Waals surface area contributed by atoms with E-state index in [9.17, 15) is 13.2 Å². The molecule has 94 valence electrons. The zero-order chi connectivity index (χ0) is 12.9. The molecule has 1 heterocycles. The largest absolute Gasteiger partial charge is 0.481 e. The first-order chi connectivity index (χ1) is 7.88. The molecule has 0 spiro atoms. The third-order valence-electron chi connectivity index (χ3n) is 2.19. The zero-order valence-electron chi connectivity index (χ0n) is 9.33. The number of nitrogens with zero attached hydrogens (tertiary/aromatic N) is 1. The Morgan fingerprint density at radius 3 is 2.53 bits per heavy atom. The maximum absolute atomic E-state index is 11.0. The van der Waals surface area contributed by atoms with Crippen molar-refractivity contribution in [2.24, 2.45) is 0 Å². The molecule has 0 amide bonds. The first kappa shape index (κ1) is 13.6. The van der Waals surface area contributed by atoms with E-state index >= 15 is 0 Å². The first-order valence-electron chi connectivity index (χ1n) is 4.95. The molecule has 1 rings (SSSR count). The summed E-state index contributed by atoms with van der Waals surface area (Å²) < 4.78 is 24.3. The topological polar surface area (TPSA) is 96.4 Å². The molecule has 1 aromatic rings. The van der Waals surface area contributed by atoms with Crippen molar-refractivity contribution >= 4 is 16.0 Å². The van der Waals surface area contributed by atoms with Crippen molar-refractivity contribution in [1.82, 2.24) is 9.71 Å². The Kier molecular flexibility index (Phi) is 4.59. The Balaban J connectivity index is 2.78. The maximum Gasteiger partial charge on any atom is 0.304 e. The number of carbonyl (C=O) groups is 1. The van der Waals surface area contributed by atoms with Crippen molar-refractivity contribution in [3.05, 3.63) is 30.1 Å². The van der Waals surface area contributed by atoms with E-state index in [-0.39, 0.29) is 13.0 Å². The minimum atomic E-state index is -3.32. The Bertz CT molecular complexity index is 472. The number of sulfonamides is 1. The molecular weight excluding hydrogens is 244 g/mol. The van der Waals surface area contributed by atoms with E-state index in [2.05, 4.69) is 9.71 Å². The highest BCUT2D eigenvalue weighted by atomic mass is 32.2. The lowest BCUT2D eigenvalue weighted by Crippen LogP contribution is -2.28. The second kappa shape index (κ2) is 5.74. The van der Waals surface area contributed by atoms with Gasteiger partial charge in [0.15, 0.2) is 0 Å². The van der Waals surface area contributed by atoms with Gasteiger partial charge in [0.1, 0.15) is 0 Å². The molecule has 0 radical (unpaired) electrons. The fraction of sp³-hybridized carbons (Fsp3) is 0.400. The van der Waals surface area contributed by atoms with Gasteiger partial charge in [-0.1, -0.05) is 0 Å². The zero-order valence-corrected chi connectivity index (χ0v) is 10.1. The monoisotopic (exact) mass is 258 g/mol. The number of carboxylic acids is 1. The lowest BCUT2D eigenvalue weighted by Gasteiger charge is -2.15. The van der Waals surface area contributed by atoms with Crippen LogP contribution in [0.3, 0.4) is 0 Å². The molecule has 1 atom stereocenters. The van der Waals surface area contributed by atoms with Crippen LogP contribution < -0.4 is 4.72 Å². The normalized spacial score (nSPS) is 13.2. The number of nitrogens with one attached hydrogen (secondary N) is 1. The number of hydrogen-bond acceptors (Lipinski definition) is 4. The highest BCUT2D eigenvalue weighted by molar-refractivity contribution is 7.88. The van der Waals surface area contributed by atoms with Crippen molar-refractivity contribution in [3.8, 4) is 0 Å². The average Bonchev–Trinajstić information content (AvgIpc) is 2.24. The van der Waals surface area contributed by atoms with Gasteiger partial charge in [0.05, 0.1) is 12.7 Å². The average molecular weight is 258 g/mol. The van der Waals surface area contributed by atoms with E-state index in [4.69, 9.17) is 5.11 Å². The predicted molar refractivity (Wildman–Crippen MR) is 62.1 cm³/mol. The fourth-order valence-corrected chi connectivity index (χ4v) is 1.91. The maximum atomic E-state index is 11.0. The van der Waals surface area contributed by atoms with Crippen LogP contribution in [-0.2, 0) is 14.8 Å². The summed E-state index contributed by atoms with van der Waals surface area (Å²) in [5.41, 5.74) is 0.749. The number of rotatable bonds is 6. The van der Waals surface area contributed by atoms with Gasteiger partial charge < -0.3 is 5.11 Å². The molecule has 6 nitrogen and oxygen atoms in total. The Morgan fingerprint density at radius 2 is 2.06 bits per heavy atom. The van der Waals surface area contributed by atoms with Gasteiger partial charge in [0.2, 0.25) is 10.0 Å². The van der Waals surface area contributed by atoms with Crippen LogP contribution in [0.15, 0.2) is 24.5 Å². The van der Waals surface area contributed by atoms with Crippen LogP contribution in [0, 0.1) is 0 Å². The van der Waals surface area contributed by atoms with E-state index < -0.39 is 21.9 Å². The summed E-state index contributed by atoms with van der Waals surface area (Å²) in [5.74, 6) is -1.37. The molecule has 1 aromatic heterocycles. The minimum Gasteiger partial charge on any atom is -0.481 e. The quantitative estimate of drug-likeness (QED) is 0.759. The third kappa shape index (κ3) is 5.41. The standard InChI is InChI=1S/C10H14N2O4S/c1-17(15,16)12-7-9(6-10(13)14)8-2-4-11-5-3-8/h2-5,9,12H,6-7H2,1H3,(H,13,14). The summed E-state index contributed by atoms with van der Waals surface area (Å²) in [6.45, 7) is 0.0646.